The van der Waals surface area contributed by atoms with Crippen LogP contribution in [0.1, 0.15) is 5.56 Å². The predicted octanol–water partition coefficient (Wildman–Crippen LogP) is 1.22. The number of nitrogens with zero attached hydrogens (tertiary/aromatic N) is 1. The second kappa shape index (κ2) is 5.23. The van der Waals surface area contributed by atoms with E-state index in [1.165, 1.54) is 16.7 Å². The molecule has 1 heterocycles. The van der Waals surface area contributed by atoms with Crippen LogP contribution in [0, 0.1) is 0 Å². The molecular weight excluding hydrogens is 238 g/mol. The van der Waals surface area contributed by atoms with Crippen LogP contribution in [-0.2, 0) is 16.0 Å². The molecule has 1 aliphatic rings. The second-order valence-corrected chi connectivity index (χ2v) is 4.88. The summed E-state index contributed by atoms with van der Waals surface area (Å²) < 4.78 is 0. The van der Waals surface area contributed by atoms with Gasteiger partial charge in [-0.1, -0.05) is 30.3 Å². The molecule has 0 aliphatic carbocycles. The molecule has 0 radical (unpaired) electrons. The second-order valence-electron chi connectivity index (χ2n) is 3.88. The maximum Gasteiger partial charge on any atom is 0.327 e. The van der Waals surface area contributed by atoms with Crippen molar-refractivity contribution in [1.82, 2.24) is 4.90 Å². The summed E-state index contributed by atoms with van der Waals surface area (Å²) in [5, 5.41) is 8.99. The molecule has 0 unspecified atom stereocenters. The zero-order valence-electron chi connectivity index (χ0n) is 9.20. The van der Waals surface area contributed by atoms with Crippen molar-refractivity contribution < 1.29 is 14.7 Å². The molecule has 1 atom stereocenters. The van der Waals surface area contributed by atoms with E-state index in [0.29, 0.717) is 11.6 Å². The standard InChI is InChI=1S/C12H13NO3S/c14-11(6-9-4-2-1-3-5-9)13-8-17-7-10(13)12(15)16/h1-5,10H,6-8H2,(H,15,16)/t10-/m0/s1. The van der Waals surface area contributed by atoms with E-state index < -0.39 is 12.0 Å². The van der Waals surface area contributed by atoms with E-state index in [2.05, 4.69) is 0 Å². The Balaban J connectivity index is 2.03. The maximum absolute atomic E-state index is 12.0. The lowest BCUT2D eigenvalue weighted by atomic mass is 10.1. The molecule has 0 bridgehead atoms. The number of thioether (sulfide) groups is 1. The van der Waals surface area contributed by atoms with Crippen molar-refractivity contribution in [3.63, 3.8) is 0 Å². The molecular formula is C12H13NO3S. The number of carboxylic acids is 1. The van der Waals surface area contributed by atoms with E-state index in [4.69, 9.17) is 5.11 Å². The molecule has 5 heteroatoms. The Kier molecular flexibility index (Phi) is 3.68. The highest BCUT2D eigenvalue weighted by molar-refractivity contribution is 7.99. The van der Waals surface area contributed by atoms with Crippen molar-refractivity contribution in [3.8, 4) is 0 Å². The van der Waals surface area contributed by atoms with Crippen LogP contribution < -0.4 is 0 Å². The number of carbonyl (C=O) groups excluding carboxylic acids is 1. The highest BCUT2D eigenvalue weighted by Gasteiger charge is 2.34. The molecule has 0 aromatic heterocycles. The van der Waals surface area contributed by atoms with Gasteiger partial charge in [-0.05, 0) is 5.56 Å². The minimum Gasteiger partial charge on any atom is -0.480 e. The average Bonchev–Trinajstić information content (AvgIpc) is 2.79. The summed E-state index contributed by atoms with van der Waals surface area (Å²) in [6.45, 7) is 0. The van der Waals surface area contributed by atoms with Gasteiger partial charge in [0, 0.05) is 5.75 Å². The van der Waals surface area contributed by atoms with Crippen molar-refractivity contribution in [1.29, 1.82) is 0 Å². The lowest BCUT2D eigenvalue weighted by Gasteiger charge is -2.20. The van der Waals surface area contributed by atoms with Crippen molar-refractivity contribution in [2.45, 2.75) is 12.5 Å². The quantitative estimate of drug-likeness (QED) is 0.877. The molecule has 17 heavy (non-hydrogen) atoms. The summed E-state index contributed by atoms with van der Waals surface area (Å²) in [5.74, 6) is -0.0802. The normalized spacial score (nSPS) is 19.3. The van der Waals surface area contributed by atoms with Crippen molar-refractivity contribution >= 4 is 23.6 Å². The third-order valence-corrected chi connectivity index (χ3v) is 3.70. The zero-order chi connectivity index (χ0) is 12.3. The summed E-state index contributed by atoms with van der Waals surface area (Å²) in [4.78, 5) is 24.4. The number of carbonyl (C=O) groups is 2. The number of amides is 1. The summed E-state index contributed by atoms with van der Waals surface area (Å²) in [5.41, 5.74) is 0.915. The first-order valence-corrected chi connectivity index (χ1v) is 6.48. The molecule has 1 N–H and O–H groups in total. The first kappa shape index (κ1) is 12.0. The van der Waals surface area contributed by atoms with Crippen LogP contribution >= 0.6 is 11.8 Å². The summed E-state index contributed by atoms with van der Waals surface area (Å²) in [6, 6.07) is 8.70. The fraction of sp³-hybridized carbons (Fsp3) is 0.333. The topological polar surface area (TPSA) is 57.6 Å². The van der Waals surface area contributed by atoms with Gasteiger partial charge in [-0.25, -0.2) is 4.79 Å². The van der Waals surface area contributed by atoms with Crippen molar-refractivity contribution in [2.75, 3.05) is 11.6 Å². The molecule has 1 fully saturated rings. The van der Waals surface area contributed by atoms with Crippen LogP contribution in [0.25, 0.3) is 0 Å². The van der Waals surface area contributed by atoms with Crippen LogP contribution in [0.5, 0.6) is 0 Å². The summed E-state index contributed by atoms with van der Waals surface area (Å²) in [7, 11) is 0. The van der Waals surface area contributed by atoms with Crippen LogP contribution in [0.2, 0.25) is 0 Å². The number of hydrogen-bond acceptors (Lipinski definition) is 3. The van der Waals surface area contributed by atoms with E-state index in [-0.39, 0.29) is 12.3 Å². The van der Waals surface area contributed by atoms with Crippen LogP contribution in [0.3, 0.4) is 0 Å². The smallest absolute Gasteiger partial charge is 0.327 e. The minimum absolute atomic E-state index is 0.117. The molecule has 1 aromatic carbocycles. The molecule has 4 nitrogen and oxygen atoms in total. The summed E-state index contributed by atoms with van der Waals surface area (Å²) >= 11 is 1.48. The Morgan fingerprint density at radius 3 is 2.71 bits per heavy atom. The predicted molar refractivity (Wildman–Crippen MR) is 65.7 cm³/mol. The molecule has 2 rings (SSSR count). The van der Waals surface area contributed by atoms with Crippen molar-refractivity contribution in [3.05, 3.63) is 35.9 Å². The first-order chi connectivity index (χ1) is 8.18. The molecule has 0 saturated carbocycles. The number of carboxylic acid groups (broad SMARTS) is 1. The van der Waals surface area contributed by atoms with E-state index in [1.807, 2.05) is 30.3 Å². The Bertz CT molecular complexity index is 421. The third-order valence-electron chi connectivity index (χ3n) is 2.69. The lowest BCUT2D eigenvalue weighted by molar-refractivity contribution is -0.147. The molecule has 1 aliphatic heterocycles. The van der Waals surface area contributed by atoms with Gasteiger partial charge in [0.15, 0.2) is 0 Å². The average molecular weight is 251 g/mol. The highest BCUT2D eigenvalue weighted by atomic mass is 32.2. The Morgan fingerprint density at radius 1 is 1.35 bits per heavy atom. The van der Waals surface area contributed by atoms with E-state index in [1.54, 1.807) is 0 Å². The molecule has 1 aromatic rings. The number of rotatable bonds is 3. The van der Waals surface area contributed by atoms with Gasteiger partial charge in [0.05, 0.1) is 12.3 Å². The molecule has 1 saturated heterocycles. The largest absolute Gasteiger partial charge is 0.480 e. The number of aliphatic carboxylic acids is 1. The summed E-state index contributed by atoms with van der Waals surface area (Å²) in [6.07, 6.45) is 0.269. The van der Waals surface area contributed by atoms with Gasteiger partial charge in [0.2, 0.25) is 5.91 Å². The van der Waals surface area contributed by atoms with Crippen LogP contribution in [0.15, 0.2) is 30.3 Å². The first-order valence-electron chi connectivity index (χ1n) is 5.32. The van der Waals surface area contributed by atoms with Gasteiger partial charge in [0.25, 0.3) is 0 Å². The van der Waals surface area contributed by atoms with Gasteiger partial charge < -0.3 is 10.0 Å². The zero-order valence-corrected chi connectivity index (χ0v) is 10.0. The van der Waals surface area contributed by atoms with Crippen LogP contribution in [-0.4, -0.2) is 39.6 Å². The van der Waals surface area contributed by atoms with Gasteiger partial charge in [-0.15, -0.1) is 11.8 Å². The number of benzene rings is 1. The van der Waals surface area contributed by atoms with Gasteiger partial charge in [0.1, 0.15) is 6.04 Å². The Morgan fingerprint density at radius 2 is 2.06 bits per heavy atom. The van der Waals surface area contributed by atoms with Crippen LogP contribution in [0.4, 0.5) is 0 Å². The van der Waals surface area contributed by atoms with Gasteiger partial charge >= 0.3 is 5.97 Å². The fourth-order valence-corrected chi connectivity index (χ4v) is 2.94. The van der Waals surface area contributed by atoms with Gasteiger partial charge in [-0.3, -0.25) is 4.79 Å². The highest BCUT2D eigenvalue weighted by Crippen LogP contribution is 2.22. The van der Waals surface area contributed by atoms with Crippen molar-refractivity contribution in [2.24, 2.45) is 0 Å². The SMILES string of the molecule is O=C(O)[C@@H]1CSCN1C(=O)Cc1ccccc1. The molecule has 1 amide bonds. The molecule has 90 valence electrons. The van der Waals surface area contributed by atoms with E-state index in [0.717, 1.165) is 5.56 Å². The maximum atomic E-state index is 12.0. The third kappa shape index (κ3) is 2.79. The molecule has 0 spiro atoms. The van der Waals surface area contributed by atoms with E-state index in [9.17, 15) is 9.59 Å². The Labute approximate surface area is 104 Å². The Hall–Kier alpha value is -1.49. The number of hydrogen-bond donors (Lipinski definition) is 1. The fourth-order valence-electron chi connectivity index (χ4n) is 1.77. The lowest BCUT2D eigenvalue weighted by Crippen LogP contribution is -2.42. The monoisotopic (exact) mass is 251 g/mol. The minimum atomic E-state index is -0.920. The van der Waals surface area contributed by atoms with Gasteiger partial charge in [-0.2, -0.15) is 0 Å². The van der Waals surface area contributed by atoms with E-state index >= 15 is 0 Å².